The van der Waals surface area contributed by atoms with E-state index in [1.54, 1.807) is 17.6 Å². The highest BCUT2D eigenvalue weighted by Gasteiger charge is 2.45. The summed E-state index contributed by atoms with van der Waals surface area (Å²) in [7, 11) is 0. The first-order valence-electron chi connectivity index (χ1n) is 10.8. The second-order valence-corrected chi connectivity index (χ2v) is 8.84. The molecule has 0 spiro atoms. The van der Waals surface area contributed by atoms with Crippen LogP contribution in [0.4, 0.5) is 0 Å². The first kappa shape index (κ1) is 19.3. The van der Waals surface area contributed by atoms with Crippen LogP contribution in [0.3, 0.4) is 0 Å². The summed E-state index contributed by atoms with van der Waals surface area (Å²) in [6.07, 6.45) is 0.112. The van der Waals surface area contributed by atoms with E-state index in [0.29, 0.717) is 34.8 Å². The van der Waals surface area contributed by atoms with E-state index in [0.717, 1.165) is 27.8 Å². The maximum atomic E-state index is 13.3. The number of hydrogen-bond acceptors (Lipinski definition) is 7. The summed E-state index contributed by atoms with van der Waals surface area (Å²) in [5.41, 5.74) is 2.49. The van der Waals surface area contributed by atoms with E-state index in [1.807, 2.05) is 6.07 Å². The van der Waals surface area contributed by atoms with Gasteiger partial charge in [-0.1, -0.05) is 20.8 Å². The Morgan fingerprint density at radius 3 is 2.75 bits per heavy atom. The average Bonchev–Trinajstić information content (AvgIpc) is 3.37. The molecule has 0 aliphatic carbocycles. The Hall–Kier alpha value is -3.39. The lowest BCUT2D eigenvalue weighted by Crippen LogP contribution is -2.44. The number of nitrogens with zero attached hydrogens (tertiary/aromatic N) is 2. The number of hydrogen-bond donors (Lipinski definition) is 1. The van der Waals surface area contributed by atoms with Crippen molar-refractivity contribution in [1.82, 2.24) is 9.55 Å². The van der Waals surface area contributed by atoms with Crippen LogP contribution in [0, 0.1) is 0 Å². The van der Waals surface area contributed by atoms with E-state index in [9.17, 15) is 14.7 Å². The molecule has 0 saturated carbocycles. The standard InChI is InChI=1S/C24H22N2O6/c1-4-24(29)15-6-17-20-12(8-26(17)22(27)14(15)9-30-23(24)28)5-13-16(25-20)7-18-21(32-10-31-18)19(13)11(2)3/h5-7,11,29H,4,8-10H2,1-3H3/t24-/m0/s1. The van der Waals surface area contributed by atoms with Gasteiger partial charge in [-0.3, -0.25) is 4.79 Å². The molecule has 1 atom stereocenters. The number of aromatic nitrogens is 2. The zero-order chi connectivity index (χ0) is 22.4. The topological polar surface area (TPSA) is 99.9 Å². The fourth-order valence-electron chi connectivity index (χ4n) is 5.09. The van der Waals surface area contributed by atoms with Crippen LogP contribution in [-0.4, -0.2) is 27.4 Å². The van der Waals surface area contributed by atoms with Gasteiger partial charge in [-0.25, -0.2) is 9.78 Å². The molecule has 2 aromatic heterocycles. The molecule has 0 saturated heterocycles. The number of carbonyl (C=O) groups excluding carboxylic acids is 1. The highest BCUT2D eigenvalue weighted by Crippen LogP contribution is 2.46. The van der Waals surface area contributed by atoms with Gasteiger partial charge in [0.25, 0.3) is 5.56 Å². The van der Waals surface area contributed by atoms with Gasteiger partial charge >= 0.3 is 5.97 Å². The zero-order valence-electron chi connectivity index (χ0n) is 18.0. The molecular formula is C24H22N2O6. The first-order valence-corrected chi connectivity index (χ1v) is 10.8. The number of ether oxygens (including phenoxy) is 3. The predicted octanol–water partition coefficient (Wildman–Crippen LogP) is 2.93. The summed E-state index contributed by atoms with van der Waals surface area (Å²) in [6, 6.07) is 5.65. The average molecular weight is 434 g/mol. The molecule has 32 heavy (non-hydrogen) atoms. The molecule has 1 N–H and O–H groups in total. The third-order valence-corrected chi connectivity index (χ3v) is 6.77. The van der Waals surface area contributed by atoms with Crippen LogP contribution in [0.15, 0.2) is 23.0 Å². The Balaban J connectivity index is 1.62. The van der Waals surface area contributed by atoms with Gasteiger partial charge in [0.05, 0.1) is 29.0 Å². The molecule has 1 aromatic carbocycles. The summed E-state index contributed by atoms with van der Waals surface area (Å²) in [6.45, 7) is 6.29. The highest BCUT2D eigenvalue weighted by molar-refractivity contribution is 5.91. The lowest BCUT2D eigenvalue weighted by atomic mass is 9.86. The van der Waals surface area contributed by atoms with Gasteiger partial charge in [0.15, 0.2) is 17.1 Å². The van der Waals surface area contributed by atoms with Crippen LogP contribution in [-0.2, 0) is 28.3 Å². The number of esters is 1. The van der Waals surface area contributed by atoms with E-state index in [1.165, 1.54) is 0 Å². The Kier molecular flexibility index (Phi) is 3.81. The molecule has 8 nitrogen and oxygen atoms in total. The Morgan fingerprint density at radius 2 is 2.00 bits per heavy atom. The molecular weight excluding hydrogens is 412 g/mol. The van der Waals surface area contributed by atoms with Gasteiger partial charge in [-0.05, 0) is 24.5 Å². The lowest BCUT2D eigenvalue weighted by molar-refractivity contribution is -0.172. The molecule has 5 heterocycles. The molecule has 3 aliphatic heterocycles. The normalized spacial score (nSPS) is 20.3. The van der Waals surface area contributed by atoms with Crippen molar-refractivity contribution >= 4 is 16.9 Å². The van der Waals surface area contributed by atoms with Crippen LogP contribution < -0.4 is 15.0 Å². The van der Waals surface area contributed by atoms with Crippen molar-refractivity contribution in [2.24, 2.45) is 0 Å². The zero-order valence-corrected chi connectivity index (χ0v) is 18.0. The minimum atomic E-state index is -1.83. The molecule has 6 rings (SSSR count). The van der Waals surface area contributed by atoms with E-state index in [2.05, 4.69) is 19.9 Å². The molecule has 3 aromatic rings. The van der Waals surface area contributed by atoms with Crippen molar-refractivity contribution in [3.05, 3.63) is 50.8 Å². The largest absolute Gasteiger partial charge is 0.458 e. The second-order valence-electron chi connectivity index (χ2n) is 8.84. The lowest BCUT2D eigenvalue weighted by Gasteiger charge is -2.31. The van der Waals surface area contributed by atoms with Crippen molar-refractivity contribution in [2.45, 2.75) is 51.9 Å². The quantitative estimate of drug-likeness (QED) is 0.484. The second kappa shape index (κ2) is 6.32. The number of carbonyl (C=O) groups is 1. The van der Waals surface area contributed by atoms with Crippen molar-refractivity contribution < 1.29 is 24.1 Å². The van der Waals surface area contributed by atoms with Crippen molar-refractivity contribution in [3.8, 4) is 22.9 Å². The first-order chi connectivity index (χ1) is 15.3. The molecule has 164 valence electrons. The summed E-state index contributed by atoms with van der Waals surface area (Å²) in [5, 5.41) is 12.0. The van der Waals surface area contributed by atoms with Gasteiger partial charge in [-0.2, -0.15) is 0 Å². The van der Waals surface area contributed by atoms with Crippen molar-refractivity contribution in [1.29, 1.82) is 0 Å². The van der Waals surface area contributed by atoms with Crippen LogP contribution in [0.2, 0.25) is 0 Å². The van der Waals surface area contributed by atoms with Crippen LogP contribution in [0.5, 0.6) is 11.5 Å². The summed E-state index contributed by atoms with van der Waals surface area (Å²) in [5.74, 6) is 0.880. The van der Waals surface area contributed by atoms with Gasteiger partial charge in [0, 0.05) is 28.1 Å². The summed E-state index contributed by atoms with van der Waals surface area (Å²) < 4.78 is 18.1. The summed E-state index contributed by atoms with van der Waals surface area (Å²) >= 11 is 0. The van der Waals surface area contributed by atoms with Crippen LogP contribution in [0.25, 0.3) is 22.3 Å². The minimum Gasteiger partial charge on any atom is -0.458 e. The predicted molar refractivity (Wildman–Crippen MR) is 115 cm³/mol. The number of cyclic esters (lactones) is 1. The fourth-order valence-corrected chi connectivity index (χ4v) is 5.09. The molecule has 8 heteroatoms. The number of fused-ring (bicyclic) bond motifs is 6. The van der Waals surface area contributed by atoms with Crippen LogP contribution >= 0.6 is 0 Å². The summed E-state index contributed by atoms with van der Waals surface area (Å²) in [4.78, 5) is 30.5. The Bertz CT molecular complexity index is 1410. The third-order valence-electron chi connectivity index (χ3n) is 6.77. The Morgan fingerprint density at radius 1 is 1.19 bits per heavy atom. The minimum absolute atomic E-state index is 0.112. The molecule has 0 fully saturated rings. The number of rotatable bonds is 2. The van der Waals surface area contributed by atoms with Crippen molar-refractivity contribution in [3.63, 3.8) is 0 Å². The molecule has 0 amide bonds. The van der Waals surface area contributed by atoms with E-state index >= 15 is 0 Å². The SMILES string of the molecule is CC[C@@]1(O)C(=O)OCc2c1cc1n(c2=O)Cc2cc3c(C(C)C)c4c(cc3nc2-1)OCO4. The van der Waals surface area contributed by atoms with Gasteiger partial charge in [-0.15, -0.1) is 0 Å². The molecule has 0 radical (unpaired) electrons. The molecule has 0 unspecified atom stereocenters. The fraction of sp³-hybridized carbons (Fsp3) is 0.375. The molecule has 0 bridgehead atoms. The van der Waals surface area contributed by atoms with Gasteiger partial charge in [0.1, 0.15) is 6.61 Å². The monoisotopic (exact) mass is 434 g/mol. The number of pyridine rings is 2. The third kappa shape index (κ3) is 2.33. The highest BCUT2D eigenvalue weighted by atomic mass is 16.7. The van der Waals surface area contributed by atoms with E-state index in [4.69, 9.17) is 19.2 Å². The van der Waals surface area contributed by atoms with Crippen molar-refractivity contribution in [2.75, 3.05) is 6.79 Å². The van der Waals surface area contributed by atoms with Crippen LogP contribution in [0.1, 0.15) is 55.4 Å². The number of benzene rings is 1. The van der Waals surface area contributed by atoms with Gasteiger partial charge in [0.2, 0.25) is 6.79 Å². The maximum Gasteiger partial charge on any atom is 0.343 e. The Labute approximate surface area is 183 Å². The van der Waals surface area contributed by atoms with E-state index < -0.39 is 11.6 Å². The van der Waals surface area contributed by atoms with Gasteiger partial charge < -0.3 is 23.9 Å². The maximum absolute atomic E-state index is 13.3. The smallest absolute Gasteiger partial charge is 0.343 e. The van der Waals surface area contributed by atoms with E-state index in [-0.39, 0.29) is 31.3 Å². The number of aliphatic hydroxyl groups is 1. The molecule has 3 aliphatic rings.